The first kappa shape index (κ1) is 14.3. The van der Waals surface area contributed by atoms with Crippen molar-refractivity contribution in [2.24, 2.45) is 5.92 Å². The molecule has 114 valence electrons. The lowest BCUT2D eigenvalue weighted by Crippen LogP contribution is -2.34. The summed E-state index contributed by atoms with van der Waals surface area (Å²) < 4.78 is 0. The second-order valence-electron chi connectivity index (χ2n) is 6.23. The Morgan fingerprint density at radius 1 is 1.38 bits per heavy atom. The molecule has 0 spiro atoms. The van der Waals surface area contributed by atoms with E-state index < -0.39 is 0 Å². The number of H-pyrrole nitrogens is 1. The van der Waals surface area contributed by atoms with E-state index in [-0.39, 0.29) is 23.1 Å². The number of nitrogens with zero attached hydrogens (tertiary/aromatic N) is 1. The van der Waals surface area contributed by atoms with Crippen molar-refractivity contribution in [3.63, 3.8) is 0 Å². The number of rotatable bonds is 4. The van der Waals surface area contributed by atoms with Gasteiger partial charge >= 0.3 is 0 Å². The topological polar surface area (TPSA) is 95.1 Å². The van der Waals surface area contributed by atoms with E-state index in [1.165, 1.54) is 0 Å². The number of aromatic nitrogens is 2. The molecule has 0 saturated heterocycles. The number of amides is 1. The van der Waals surface area contributed by atoms with Crippen molar-refractivity contribution in [3.05, 3.63) is 27.4 Å². The summed E-state index contributed by atoms with van der Waals surface area (Å²) in [5, 5.41) is 12.3. The van der Waals surface area contributed by atoms with Crippen LogP contribution in [0.25, 0.3) is 0 Å². The Bertz CT molecular complexity index is 607. The van der Waals surface area contributed by atoms with Crippen LogP contribution in [0.2, 0.25) is 0 Å². The molecule has 1 amide bonds. The number of aliphatic hydroxyl groups excluding tert-OH is 1. The van der Waals surface area contributed by atoms with Crippen molar-refractivity contribution in [3.8, 4) is 0 Å². The van der Waals surface area contributed by atoms with E-state index >= 15 is 0 Å². The number of aryl methyl sites for hydroxylation is 1. The fraction of sp³-hybridized carbons (Fsp3) is 0.667. The average Bonchev–Trinajstić information content (AvgIpc) is 3.19. The second kappa shape index (κ2) is 5.60. The average molecular weight is 291 g/mol. The molecular weight excluding hydrogens is 270 g/mol. The second-order valence-corrected chi connectivity index (χ2v) is 6.23. The third-order valence-corrected chi connectivity index (χ3v) is 4.37. The first-order valence-electron chi connectivity index (χ1n) is 7.61. The molecule has 1 aromatic heterocycles. The van der Waals surface area contributed by atoms with Gasteiger partial charge in [0.05, 0.1) is 11.8 Å². The Morgan fingerprint density at radius 3 is 2.71 bits per heavy atom. The minimum absolute atomic E-state index is 0.109. The van der Waals surface area contributed by atoms with Crippen LogP contribution in [-0.2, 0) is 0 Å². The Kier molecular flexibility index (Phi) is 3.80. The Balaban J connectivity index is 1.68. The van der Waals surface area contributed by atoms with Gasteiger partial charge in [0.2, 0.25) is 0 Å². The van der Waals surface area contributed by atoms with Crippen LogP contribution in [0.15, 0.2) is 4.79 Å². The highest BCUT2D eigenvalue weighted by Gasteiger charge is 2.28. The monoisotopic (exact) mass is 291 g/mol. The summed E-state index contributed by atoms with van der Waals surface area (Å²) in [7, 11) is 0. The summed E-state index contributed by atoms with van der Waals surface area (Å²) in [6.07, 6.45) is 4.27. The van der Waals surface area contributed by atoms with Gasteiger partial charge in [-0.05, 0) is 44.9 Å². The van der Waals surface area contributed by atoms with Gasteiger partial charge in [0.1, 0.15) is 11.4 Å². The van der Waals surface area contributed by atoms with Crippen molar-refractivity contribution < 1.29 is 9.90 Å². The number of nitrogens with one attached hydrogen (secondary N) is 2. The summed E-state index contributed by atoms with van der Waals surface area (Å²) >= 11 is 0. The molecule has 2 fully saturated rings. The van der Waals surface area contributed by atoms with Gasteiger partial charge in [0, 0.05) is 12.5 Å². The van der Waals surface area contributed by atoms with Gasteiger partial charge < -0.3 is 15.4 Å². The van der Waals surface area contributed by atoms with Crippen LogP contribution in [0.5, 0.6) is 0 Å². The number of hydrogen-bond acceptors (Lipinski definition) is 4. The normalized spacial score (nSPS) is 25.0. The molecule has 2 atom stereocenters. The lowest BCUT2D eigenvalue weighted by atomic mass is 10.1. The van der Waals surface area contributed by atoms with Crippen molar-refractivity contribution in [1.82, 2.24) is 15.3 Å². The lowest BCUT2D eigenvalue weighted by molar-refractivity contribution is 0.0942. The molecule has 21 heavy (non-hydrogen) atoms. The van der Waals surface area contributed by atoms with Gasteiger partial charge in [-0.2, -0.15) is 0 Å². The van der Waals surface area contributed by atoms with E-state index in [9.17, 15) is 14.7 Å². The first-order valence-corrected chi connectivity index (χ1v) is 7.61. The third-order valence-electron chi connectivity index (χ3n) is 4.37. The zero-order valence-electron chi connectivity index (χ0n) is 12.2. The highest BCUT2D eigenvalue weighted by Crippen LogP contribution is 2.37. The van der Waals surface area contributed by atoms with Crippen LogP contribution < -0.4 is 10.9 Å². The first-order chi connectivity index (χ1) is 10.0. The Labute approximate surface area is 123 Å². The molecule has 2 unspecified atom stereocenters. The SMILES string of the molecule is Cc1nc(C2CC2)[nH]c(=O)c1C(=O)NCC1CCC(O)C1. The molecule has 3 N–H and O–H groups in total. The maximum atomic E-state index is 12.2. The quantitative estimate of drug-likeness (QED) is 0.766. The van der Waals surface area contributed by atoms with Crippen LogP contribution in [-0.4, -0.2) is 33.6 Å². The molecular formula is C15H21N3O3. The zero-order valence-corrected chi connectivity index (χ0v) is 12.2. The smallest absolute Gasteiger partial charge is 0.264 e. The fourth-order valence-corrected chi connectivity index (χ4v) is 2.98. The van der Waals surface area contributed by atoms with E-state index in [0.717, 1.165) is 25.7 Å². The molecule has 0 aromatic carbocycles. The highest BCUT2D eigenvalue weighted by atomic mass is 16.3. The number of hydrogen-bond donors (Lipinski definition) is 3. The van der Waals surface area contributed by atoms with Crippen LogP contribution in [0.3, 0.4) is 0 Å². The van der Waals surface area contributed by atoms with Gasteiger partial charge in [-0.3, -0.25) is 9.59 Å². The predicted molar refractivity (Wildman–Crippen MR) is 77.3 cm³/mol. The Hall–Kier alpha value is -1.69. The van der Waals surface area contributed by atoms with Gasteiger partial charge in [-0.15, -0.1) is 0 Å². The standard InChI is InChI=1S/C15H21N3O3/c1-8-12(15(21)18-13(17-8)10-3-4-10)14(20)16-7-9-2-5-11(19)6-9/h9-11,19H,2-7H2,1H3,(H,16,20)(H,17,18,21). The highest BCUT2D eigenvalue weighted by molar-refractivity contribution is 5.94. The Morgan fingerprint density at radius 2 is 2.14 bits per heavy atom. The van der Waals surface area contributed by atoms with Gasteiger partial charge in [0.15, 0.2) is 0 Å². The number of carbonyl (C=O) groups excluding carboxylic acids is 1. The molecule has 2 saturated carbocycles. The van der Waals surface area contributed by atoms with Crippen molar-refractivity contribution in [2.45, 2.75) is 51.0 Å². The molecule has 0 bridgehead atoms. The van der Waals surface area contributed by atoms with E-state index in [1.54, 1.807) is 6.92 Å². The van der Waals surface area contributed by atoms with E-state index in [4.69, 9.17) is 0 Å². The van der Waals surface area contributed by atoms with Crippen LogP contribution >= 0.6 is 0 Å². The molecule has 6 heteroatoms. The molecule has 2 aliphatic carbocycles. The maximum absolute atomic E-state index is 12.2. The summed E-state index contributed by atoms with van der Waals surface area (Å²) in [5.41, 5.74) is 0.246. The minimum Gasteiger partial charge on any atom is -0.393 e. The molecule has 2 aliphatic rings. The number of aromatic amines is 1. The fourth-order valence-electron chi connectivity index (χ4n) is 2.98. The number of aliphatic hydroxyl groups is 1. The van der Waals surface area contributed by atoms with Crippen molar-refractivity contribution in [1.29, 1.82) is 0 Å². The third kappa shape index (κ3) is 3.15. The lowest BCUT2D eigenvalue weighted by Gasteiger charge is -2.12. The summed E-state index contributed by atoms with van der Waals surface area (Å²) in [6, 6.07) is 0. The molecule has 1 heterocycles. The molecule has 0 radical (unpaired) electrons. The molecule has 1 aromatic rings. The van der Waals surface area contributed by atoms with E-state index in [2.05, 4.69) is 15.3 Å². The summed E-state index contributed by atoms with van der Waals surface area (Å²) in [5.74, 6) is 0.980. The van der Waals surface area contributed by atoms with Crippen LogP contribution in [0.4, 0.5) is 0 Å². The predicted octanol–water partition coefficient (Wildman–Crippen LogP) is 0.847. The van der Waals surface area contributed by atoms with Crippen molar-refractivity contribution >= 4 is 5.91 Å². The van der Waals surface area contributed by atoms with Gasteiger partial charge in [-0.25, -0.2) is 4.98 Å². The van der Waals surface area contributed by atoms with E-state index in [0.29, 0.717) is 36.3 Å². The van der Waals surface area contributed by atoms with Crippen molar-refractivity contribution in [2.75, 3.05) is 6.54 Å². The maximum Gasteiger partial charge on any atom is 0.264 e. The van der Waals surface area contributed by atoms with Gasteiger partial charge in [0.25, 0.3) is 11.5 Å². The molecule has 3 rings (SSSR count). The molecule has 6 nitrogen and oxygen atoms in total. The summed E-state index contributed by atoms with van der Waals surface area (Å²) in [6.45, 7) is 2.20. The van der Waals surface area contributed by atoms with E-state index in [1.807, 2.05) is 0 Å². The zero-order chi connectivity index (χ0) is 15.0. The van der Waals surface area contributed by atoms with Crippen LogP contribution in [0.1, 0.15) is 59.9 Å². The minimum atomic E-state index is -0.370. The van der Waals surface area contributed by atoms with Crippen LogP contribution in [0, 0.1) is 12.8 Å². The largest absolute Gasteiger partial charge is 0.393 e. The molecule has 0 aliphatic heterocycles. The number of carbonyl (C=O) groups is 1. The van der Waals surface area contributed by atoms with Gasteiger partial charge in [-0.1, -0.05) is 0 Å². The summed E-state index contributed by atoms with van der Waals surface area (Å²) in [4.78, 5) is 31.4.